The summed E-state index contributed by atoms with van der Waals surface area (Å²) >= 11 is 5.85. The highest BCUT2D eigenvalue weighted by Crippen LogP contribution is 2.20. The van der Waals surface area contributed by atoms with Gasteiger partial charge < -0.3 is 0 Å². The molecule has 0 atom stereocenters. The van der Waals surface area contributed by atoms with Crippen molar-refractivity contribution in [1.29, 1.82) is 0 Å². The standard InChI is InChI=1S/C13H13ClN2/c1-3-10-5-4-6-11(8-10)12-7-9(2)15-13(14)16-12/h4-8H,3H2,1-2H3. The molecule has 16 heavy (non-hydrogen) atoms. The van der Waals surface area contributed by atoms with Gasteiger partial charge in [-0.2, -0.15) is 0 Å². The van der Waals surface area contributed by atoms with E-state index in [1.165, 1.54) is 5.56 Å². The molecule has 2 nitrogen and oxygen atoms in total. The SMILES string of the molecule is CCc1cccc(-c2cc(C)nc(Cl)n2)c1. The number of hydrogen-bond acceptors (Lipinski definition) is 2. The van der Waals surface area contributed by atoms with Crippen LogP contribution < -0.4 is 0 Å². The first kappa shape index (κ1) is 11.1. The number of aromatic nitrogens is 2. The van der Waals surface area contributed by atoms with Gasteiger partial charge in [0.25, 0.3) is 0 Å². The van der Waals surface area contributed by atoms with Crippen molar-refractivity contribution >= 4 is 11.6 Å². The summed E-state index contributed by atoms with van der Waals surface area (Å²) in [6.45, 7) is 4.05. The summed E-state index contributed by atoms with van der Waals surface area (Å²) in [7, 11) is 0. The van der Waals surface area contributed by atoms with E-state index in [-0.39, 0.29) is 0 Å². The summed E-state index contributed by atoms with van der Waals surface area (Å²) in [6.07, 6.45) is 1.02. The van der Waals surface area contributed by atoms with Crippen LogP contribution in [0.15, 0.2) is 30.3 Å². The molecule has 2 rings (SSSR count). The highest BCUT2D eigenvalue weighted by atomic mass is 35.5. The average molecular weight is 233 g/mol. The van der Waals surface area contributed by atoms with E-state index in [0.717, 1.165) is 23.4 Å². The molecular weight excluding hydrogens is 220 g/mol. The van der Waals surface area contributed by atoms with Gasteiger partial charge in [-0.1, -0.05) is 25.1 Å². The van der Waals surface area contributed by atoms with E-state index in [2.05, 4.69) is 29.0 Å². The minimum absolute atomic E-state index is 0.303. The molecule has 0 unspecified atom stereocenters. The van der Waals surface area contributed by atoms with Gasteiger partial charge in [-0.15, -0.1) is 0 Å². The Morgan fingerprint density at radius 3 is 2.69 bits per heavy atom. The van der Waals surface area contributed by atoms with Gasteiger partial charge in [0.05, 0.1) is 5.69 Å². The summed E-state index contributed by atoms with van der Waals surface area (Å²) < 4.78 is 0. The maximum Gasteiger partial charge on any atom is 0.223 e. The smallest absolute Gasteiger partial charge is 0.223 e. The zero-order valence-corrected chi connectivity index (χ0v) is 10.1. The lowest BCUT2D eigenvalue weighted by Crippen LogP contribution is -1.91. The van der Waals surface area contributed by atoms with Crippen LogP contribution >= 0.6 is 11.6 Å². The molecule has 1 aromatic carbocycles. The van der Waals surface area contributed by atoms with Crippen molar-refractivity contribution in [3.05, 3.63) is 46.9 Å². The summed E-state index contributed by atoms with van der Waals surface area (Å²) in [5.41, 5.74) is 4.15. The molecule has 0 aliphatic carbocycles. The number of halogens is 1. The normalized spacial score (nSPS) is 10.4. The maximum absolute atomic E-state index is 5.85. The van der Waals surface area contributed by atoms with E-state index >= 15 is 0 Å². The van der Waals surface area contributed by atoms with Crippen LogP contribution in [0.2, 0.25) is 5.28 Å². The zero-order chi connectivity index (χ0) is 11.5. The lowest BCUT2D eigenvalue weighted by atomic mass is 10.1. The van der Waals surface area contributed by atoms with E-state index in [1.807, 2.05) is 25.1 Å². The first-order valence-corrected chi connectivity index (χ1v) is 5.67. The molecule has 0 radical (unpaired) electrons. The summed E-state index contributed by atoms with van der Waals surface area (Å²) in [6, 6.07) is 10.3. The van der Waals surface area contributed by atoms with Crippen molar-refractivity contribution in [2.45, 2.75) is 20.3 Å². The van der Waals surface area contributed by atoms with Crippen molar-refractivity contribution in [3.63, 3.8) is 0 Å². The molecule has 1 heterocycles. The van der Waals surface area contributed by atoms with Crippen LogP contribution in [-0.2, 0) is 6.42 Å². The predicted octanol–water partition coefficient (Wildman–Crippen LogP) is 3.67. The molecule has 0 aliphatic heterocycles. The Hall–Kier alpha value is -1.41. The second-order valence-electron chi connectivity index (χ2n) is 3.72. The zero-order valence-electron chi connectivity index (χ0n) is 9.37. The van der Waals surface area contributed by atoms with Gasteiger partial charge in [-0.25, -0.2) is 9.97 Å². The molecule has 0 bridgehead atoms. The predicted molar refractivity (Wildman–Crippen MR) is 66.6 cm³/mol. The first-order valence-electron chi connectivity index (χ1n) is 5.29. The molecule has 82 valence electrons. The number of hydrogen-bond donors (Lipinski definition) is 0. The van der Waals surface area contributed by atoms with Crippen molar-refractivity contribution < 1.29 is 0 Å². The minimum Gasteiger partial charge on any atom is -0.223 e. The number of rotatable bonds is 2. The molecule has 1 aromatic heterocycles. The molecule has 0 saturated carbocycles. The van der Waals surface area contributed by atoms with Crippen LogP contribution in [-0.4, -0.2) is 9.97 Å². The number of aryl methyl sites for hydroxylation is 2. The number of benzene rings is 1. The highest BCUT2D eigenvalue weighted by Gasteiger charge is 2.03. The fraction of sp³-hybridized carbons (Fsp3) is 0.231. The second kappa shape index (κ2) is 4.62. The Morgan fingerprint density at radius 2 is 2.00 bits per heavy atom. The fourth-order valence-corrected chi connectivity index (χ4v) is 1.86. The van der Waals surface area contributed by atoms with Crippen molar-refractivity contribution in [3.8, 4) is 11.3 Å². The van der Waals surface area contributed by atoms with Gasteiger partial charge in [0.1, 0.15) is 0 Å². The Morgan fingerprint density at radius 1 is 1.19 bits per heavy atom. The second-order valence-corrected chi connectivity index (χ2v) is 4.06. The third kappa shape index (κ3) is 2.39. The van der Waals surface area contributed by atoms with E-state index in [9.17, 15) is 0 Å². The first-order chi connectivity index (χ1) is 7.69. The Bertz CT molecular complexity index is 489. The van der Waals surface area contributed by atoms with E-state index in [4.69, 9.17) is 11.6 Å². The van der Waals surface area contributed by atoms with Crippen LogP contribution in [0, 0.1) is 6.92 Å². The lowest BCUT2D eigenvalue weighted by molar-refractivity contribution is 1.10. The summed E-state index contributed by atoms with van der Waals surface area (Å²) in [4.78, 5) is 8.29. The molecule has 0 aliphatic rings. The molecule has 0 fully saturated rings. The lowest BCUT2D eigenvalue weighted by Gasteiger charge is -2.04. The van der Waals surface area contributed by atoms with Crippen LogP contribution in [0.5, 0.6) is 0 Å². The maximum atomic E-state index is 5.85. The van der Waals surface area contributed by atoms with Gasteiger partial charge >= 0.3 is 0 Å². The third-order valence-electron chi connectivity index (χ3n) is 2.46. The summed E-state index contributed by atoms with van der Waals surface area (Å²) in [5.74, 6) is 0. The van der Waals surface area contributed by atoms with Crippen LogP contribution in [0.1, 0.15) is 18.2 Å². The van der Waals surface area contributed by atoms with Crippen molar-refractivity contribution in [2.24, 2.45) is 0 Å². The quantitative estimate of drug-likeness (QED) is 0.739. The van der Waals surface area contributed by atoms with Crippen LogP contribution in [0.25, 0.3) is 11.3 Å². The topological polar surface area (TPSA) is 25.8 Å². The molecular formula is C13H13ClN2. The monoisotopic (exact) mass is 232 g/mol. The Balaban J connectivity index is 2.49. The molecule has 0 amide bonds. The molecule has 0 saturated heterocycles. The van der Waals surface area contributed by atoms with E-state index in [1.54, 1.807) is 0 Å². The van der Waals surface area contributed by atoms with Gasteiger partial charge in [0.2, 0.25) is 5.28 Å². The molecule has 0 N–H and O–H groups in total. The average Bonchev–Trinajstić information content (AvgIpc) is 2.28. The molecule has 0 spiro atoms. The molecule has 3 heteroatoms. The minimum atomic E-state index is 0.303. The Kier molecular flexibility index (Phi) is 3.20. The van der Waals surface area contributed by atoms with E-state index in [0.29, 0.717) is 5.28 Å². The van der Waals surface area contributed by atoms with Gasteiger partial charge in [-0.05, 0) is 42.6 Å². The number of nitrogens with zero attached hydrogens (tertiary/aromatic N) is 2. The molecule has 2 aromatic rings. The van der Waals surface area contributed by atoms with Crippen LogP contribution in [0.3, 0.4) is 0 Å². The highest BCUT2D eigenvalue weighted by molar-refractivity contribution is 6.28. The third-order valence-corrected chi connectivity index (χ3v) is 2.63. The van der Waals surface area contributed by atoms with Crippen molar-refractivity contribution in [2.75, 3.05) is 0 Å². The van der Waals surface area contributed by atoms with Crippen LogP contribution in [0.4, 0.5) is 0 Å². The largest absolute Gasteiger partial charge is 0.223 e. The fourth-order valence-electron chi connectivity index (χ4n) is 1.63. The summed E-state index contributed by atoms with van der Waals surface area (Å²) in [5, 5.41) is 0.303. The van der Waals surface area contributed by atoms with Gasteiger partial charge in [0.15, 0.2) is 0 Å². The Labute approximate surface area is 100 Å². The van der Waals surface area contributed by atoms with Gasteiger partial charge in [0, 0.05) is 11.3 Å². The van der Waals surface area contributed by atoms with Gasteiger partial charge in [-0.3, -0.25) is 0 Å². The van der Waals surface area contributed by atoms with E-state index < -0.39 is 0 Å². The van der Waals surface area contributed by atoms with Crippen molar-refractivity contribution in [1.82, 2.24) is 9.97 Å².